The van der Waals surface area contributed by atoms with Crippen LogP contribution in [0.5, 0.6) is 0 Å². The number of nitrogens with one attached hydrogen (secondary N) is 1. The van der Waals surface area contributed by atoms with Crippen molar-refractivity contribution in [2.45, 2.75) is 25.3 Å². The number of hydrogen-bond acceptors (Lipinski definition) is 2. The highest BCUT2D eigenvalue weighted by atomic mass is 16.1. The number of rotatable bonds is 4. The Labute approximate surface area is 72.7 Å². The zero-order chi connectivity index (χ0) is 8.97. The van der Waals surface area contributed by atoms with Crippen LogP contribution in [0.1, 0.15) is 19.3 Å². The number of carbonyl (C=O) groups is 1. The molecule has 3 heteroatoms. The van der Waals surface area contributed by atoms with Crippen molar-refractivity contribution in [3.05, 3.63) is 0 Å². The van der Waals surface area contributed by atoms with E-state index in [1.807, 2.05) is 0 Å². The minimum Gasteiger partial charge on any atom is -0.345 e. The molecule has 0 heterocycles. The molecular formula is C9H14N2O. The van der Waals surface area contributed by atoms with Crippen LogP contribution in [0.4, 0.5) is 0 Å². The average molecular weight is 166 g/mol. The average Bonchev–Trinajstić information content (AvgIpc) is 2.82. The fourth-order valence-electron chi connectivity index (χ4n) is 1.13. The lowest BCUT2D eigenvalue weighted by Gasteiger charge is -2.08. The van der Waals surface area contributed by atoms with Crippen LogP contribution in [-0.4, -0.2) is 18.5 Å². The lowest BCUT2D eigenvalue weighted by molar-refractivity contribution is -0.121. The van der Waals surface area contributed by atoms with Gasteiger partial charge in [-0.3, -0.25) is 4.79 Å². The zero-order valence-corrected chi connectivity index (χ0v) is 7.05. The molecule has 1 aliphatic carbocycles. The van der Waals surface area contributed by atoms with Crippen LogP contribution in [0.2, 0.25) is 0 Å². The van der Waals surface area contributed by atoms with Gasteiger partial charge in [0.2, 0.25) is 5.91 Å². The lowest BCUT2D eigenvalue weighted by Crippen LogP contribution is -2.33. The van der Waals surface area contributed by atoms with E-state index in [1.165, 1.54) is 12.8 Å². The Kier molecular flexibility index (Phi) is 3.12. The number of carbonyl (C=O) groups excluding carboxylic acids is 1. The van der Waals surface area contributed by atoms with E-state index in [1.54, 1.807) is 0 Å². The molecule has 0 aromatic heterocycles. The maximum Gasteiger partial charge on any atom is 0.222 e. The van der Waals surface area contributed by atoms with Crippen molar-refractivity contribution in [3.8, 4) is 12.3 Å². The Morgan fingerprint density at radius 2 is 2.42 bits per heavy atom. The van der Waals surface area contributed by atoms with E-state index in [9.17, 15) is 4.79 Å². The van der Waals surface area contributed by atoms with Crippen LogP contribution in [-0.2, 0) is 4.79 Å². The van der Waals surface area contributed by atoms with Crippen LogP contribution in [0, 0.1) is 18.3 Å². The van der Waals surface area contributed by atoms with Gasteiger partial charge in [0.15, 0.2) is 0 Å². The number of nitrogens with two attached hydrogens (primary N) is 1. The topological polar surface area (TPSA) is 55.1 Å². The van der Waals surface area contributed by atoms with Gasteiger partial charge in [0.25, 0.3) is 0 Å². The van der Waals surface area contributed by atoms with Gasteiger partial charge in [-0.1, -0.05) is 5.92 Å². The molecule has 1 atom stereocenters. The van der Waals surface area contributed by atoms with Gasteiger partial charge in [-0.25, -0.2) is 0 Å². The van der Waals surface area contributed by atoms with Crippen molar-refractivity contribution in [2.75, 3.05) is 6.54 Å². The van der Waals surface area contributed by atoms with Crippen LogP contribution < -0.4 is 11.1 Å². The summed E-state index contributed by atoms with van der Waals surface area (Å²) < 4.78 is 0. The first-order valence-corrected chi connectivity index (χ1v) is 4.19. The van der Waals surface area contributed by atoms with Crippen molar-refractivity contribution in [1.82, 2.24) is 5.32 Å². The standard InChI is InChI=1S/C9H14N2O/c1-2-5-11-9(12)6-8(10)7-3-4-7/h1,7-8H,3-6,10H2,(H,11,12). The lowest BCUT2D eigenvalue weighted by atomic mass is 10.1. The normalized spacial score (nSPS) is 18.0. The third-order valence-electron chi connectivity index (χ3n) is 2.04. The van der Waals surface area contributed by atoms with E-state index >= 15 is 0 Å². The SMILES string of the molecule is C#CCNC(=O)CC(N)C1CC1. The molecule has 0 aromatic carbocycles. The van der Waals surface area contributed by atoms with Gasteiger partial charge in [-0.2, -0.15) is 0 Å². The van der Waals surface area contributed by atoms with Gasteiger partial charge in [-0.15, -0.1) is 6.42 Å². The highest BCUT2D eigenvalue weighted by Gasteiger charge is 2.29. The predicted octanol–water partition coefficient (Wildman–Crippen LogP) is -0.137. The third kappa shape index (κ3) is 2.93. The summed E-state index contributed by atoms with van der Waals surface area (Å²) in [7, 11) is 0. The van der Waals surface area contributed by atoms with Crippen molar-refractivity contribution in [2.24, 2.45) is 11.7 Å². The molecule has 1 rings (SSSR count). The van der Waals surface area contributed by atoms with E-state index in [0.717, 1.165) is 0 Å². The smallest absolute Gasteiger partial charge is 0.222 e. The molecule has 12 heavy (non-hydrogen) atoms. The van der Waals surface area contributed by atoms with Gasteiger partial charge < -0.3 is 11.1 Å². The summed E-state index contributed by atoms with van der Waals surface area (Å²) in [6, 6.07) is 0.0303. The minimum absolute atomic E-state index is 0.0303. The summed E-state index contributed by atoms with van der Waals surface area (Å²) in [4.78, 5) is 11.1. The molecule has 3 N–H and O–H groups in total. The largest absolute Gasteiger partial charge is 0.345 e. The van der Waals surface area contributed by atoms with Crippen LogP contribution in [0.25, 0.3) is 0 Å². The molecule has 1 unspecified atom stereocenters. The van der Waals surface area contributed by atoms with Gasteiger partial charge in [-0.05, 0) is 18.8 Å². The van der Waals surface area contributed by atoms with Crippen LogP contribution >= 0.6 is 0 Å². The molecule has 1 aliphatic rings. The molecule has 0 radical (unpaired) electrons. The van der Waals surface area contributed by atoms with Gasteiger partial charge in [0, 0.05) is 12.5 Å². The van der Waals surface area contributed by atoms with Crippen molar-refractivity contribution in [1.29, 1.82) is 0 Å². The molecule has 0 aromatic rings. The number of hydrogen-bond donors (Lipinski definition) is 2. The summed E-state index contributed by atoms with van der Waals surface area (Å²) in [6.07, 6.45) is 7.73. The molecule has 1 amide bonds. The molecule has 3 nitrogen and oxygen atoms in total. The summed E-state index contributed by atoms with van der Waals surface area (Å²) in [5.41, 5.74) is 5.74. The highest BCUT2D eigenvalue weighted by molar-refractivity contribution is 5.76. The summed E-state index contributed by atoms with van der Waals surface area (Å²) in [5, 5.41) is 2.59. The molecule has 0 spiro atoms. The van der Waals surface area contributed by atoms with Crippen LogP contribution in [0.15, 0.2) is 0 Å². The molecule has 0 bridgehead atoms. The first-order valence-electron chi connectivity index (χ1n) is 4.19. The second-order valence-electron chi connectivity index (χ2n) is 3.19. The molecule has 1 fully saturated rings. The van der Waals surface area contributed by atoms with Crippen LogP contribution in [0.3, 0.4) is 0 Å². The fourth-order valence-corrected chi connectivity index (χ4v) is 1.13. The second kappa shape index (κ2) is 4.13. The van der Waals surface area contributed by atoms with E-state index in [0.29, 0.717) is 18.9 Å². The first kappa shape index (κ1) is 9.08. The first-order chi connectivity index (χ1) is 5.74. The van der Waals surface area contributed by atoms with Crippen molar-refractivity contribution >= 4 is 5.91 Å². The maximum atomic E-state index is 11.1. The fraction of sp³-hybridized carbons (Fsp3) is 0.667. The molecule has 0 saturated heterocycles. The summed E-state index contributed by atoms with van der Waals surface area (Å²) in [5.74, 6) is 2.88. The van der Waals surface area contributed by atoms with Gasteiger partial charge >= 0.3 is 0 Å². The van der Waals surface area contributed by atoms with E-state index in [2.05, 4.69) is 11.2 Å². The maximum absolute atomic E-state index is 11.1. The van der Waals surface area contributed by atoms with E-state index < -0.39 is 0 Å². The molecular weight excluding hydrogens is 152 g/mol. The third-order valence-corrected chi connectivity index (χ3v) is 2.04. The predicted molar refractivity (Wildman–Crippen MR) is 47.2 cm³/mol. The monoisotopic (exact) mass is 166 g/mol. The Balaban J connectivity index is 2.12. The summed E-state index contributed by atoms with van der Waals surface area (Å²) in [6.45, 7) is 0.302. The van der Waals surface area contributed by atoms with Crippen molar-refractivity contribution in [3.63, 3.8) is 0 Å². The van der Waals surface area contributed by atoms with E-state index in [4.69, 9.17) is 12.2 Å². The second-order valence-corrected chi connectivity index (χ2v) is 3.19. The molecule has 0 aliphatic heterocycles. The Hall–Kier alpha value is -1.01. The highest BCUT2D eigenvalue weighted by Crippen LogP contribution is 2.32. The summed E-state index contributed by atoms with van der Waals surface area (Å²) >= 11 is 0. The quantitative estimate of drug-likeness (QED) is 0.571. The van der Waals surface area contributed by atoms with Gasteiger partial charge in [0.05, 0.1) is 6.54 Å². The number of amides is 1. The molecule has 66 valence electrons. The Morgan fingerprint density at radius 1 is 1.75 bits per heavy atom. The zero-order valence-electron chi connectivity index (χ0n) is 7.05. The minimum atomic E-state index is -0.0349. The van der Waals surface area contributed by atoms with Crippen molar-refractivity contribution < 1.29 is 4.79 Å². The Morgan fingerprint density at radius 3 is 2.92 bits per heavy atom. The number of terminal acetylenes is 1. The van der Waals surface area contributed by atoms with E-state index in [-0.39, 0.29) is 11.9 Å². The Bertz CT molecular complexity index is 203. The van der Waals surface area contributed by atoms with Gasteiger partial charge in [0.1, 0.15) is 0 Å². The molecule has 1 saturated carbocycles.